The average Bonchev–Trinajstić information content (AvgIpc) is 2.03. The first-order valence-corrected chi connectivity index (χ1v) is 3.71. The molecule has 12 heavy (non-hydrogen) atoms. The Bertz CT molecular complexity index is 238. The summed E-state index contributed by atoms with van der Waals surface area (Å²) in [6.07, 6.45) is 1.70. The van der Waals surface area contributed by atoms with E-state index in [4.69, 9.17) is 0 Å². The van der Waals surface area contributed by atoms with Crippen LogP contribution in [0.5, 0.6) is 0 Å². The lowest BCUT2D eigenvalue weighted by atomic mass is 9.96. The van der Waals surface area contributed by atoms with Gasteiger partial charge in [-0.1, -0.05) is 0 Å². The second-order valence-corrected chi connectivity index (χ2v) is 2.73. The summed E-state index contributed by atoms with van der Waals surface area (Å²) in [5.74, 6) is -0.567. The first kappa shape index (κ1) is 8.77. The molecular weight excluding hydrogens is 156 g/mol. The standard InChI is InChI=1S/C8H12N2O2/c1-5-4-9-10-6(2)7(5)8(11)12-3/h4,7,9H,1-3H3. The lowest BCUT2D eigenvalue weighted by Crippen LogP contribution is -2.29. The van der Waals surface area contributed by atoms with E-state index >= 15 is 0 Å². The Balaban J connectivity index is 2.85. The number of esters is 1. The van der Waals surface area contributed by atoms with Gasteiger partial charge in [-0.3, -0.25) is 10.2 Å². The van der Waals surface area contributed by atoms with Crippen molar-refractivity contribution in [2.75, 3.05) is 7.11 Å². The van der Waals surface area contributed by atoms with Crippen molar-refractivity contribution in [1.29, 1.82) is 0 Å². The summed E-state index contributed by atoms with van der Waals surface area (Å²) < 4.78 is 4.64. The second kappa shape index (κ2) is 3.38. The minimum atomic E-state index is -0.309. The Kier molecular flexibility index (Phi) is 2.47. The van der Waals surface area contributed by atoms with E-state index < -0.39 is 0 Å². The zero-order valence-corrected chi connectivity index (χ0v) is 7.42. The van der Waals surface area contributed by atoms with Crippen LogP contribution in [-0.4, -0.2) is 18.8 Å². The van der Waals surface area contributed by atoms with Gasteiger partial charge in [0.05, 0.1) is 12.8 Å². The summed E-state index contributed by atoms with van der Waals surface area (Å²) in [4.78, 5) is 11.2. The van der Waals surface area contributed by atoms with Crippen LogP contribution in [0.3, 0.4) is 0 Å². The van der Waals surface area contributed by atoms with E-state index in [2.05, 4.69) is 15.3 Å². The molecule has 0 amide bonds. The quantitative estimate of drug-likeness (QED) is 0.585. The number of hydrazone groups is 1. The van der Waals surface area contributed by atoms with Crippen LogP contribution in [0.25, 0.3) is 0 Å². The van der Waals surface area contributed by atoms with Crippen molar-refractivity contribution in [2.45, 2.75) is 13.8 Å². The molecule has 1 atom stereocenters. The van der Waals surface area contributed by atoms with E-state index in [-0.39, 0.29) is 11.9 Å². The van der Waals surface area contributed by atoms with Gasteiger partial charge in [0.2, 0.25) is 0 Å². The van der Waals surface area contributed by atoms with Crippen molar-refractivity contribution >= 4 is 11.7 Å². The predicted octanol–water partition coefficient (Wildman–Crippen LogP) is 0.659. The lowest BCUT2D eigenvalue weighted by Gasteiger charge is -2.18. The van der Waals surface area contributed by atoms with E-state index in [0.717, 1.165) is 11.3 Å². The van der Waals surface area contributed by atoms with Crippen molar-refractivity contribution in [1.82, 2.24) is 5.43 Å². The third-order valence-corrected chi connectivity index (χ3v) is 1.84. The number of carbonyl (C=O) groups excluding carboxylic acids is 1. The highest BCUT2D eigenvalue weighted by atomic mass is 16.5. The molecule has 1 aliphatic heterocycles. The maximum Gasteiger partial charge on any atom is 0.318 e. The van der Waals surface area contributed by atoms with Crippen LogP contribution in [0.1, 0.15) is 13.8 Å². The van der Waals surface area contributed by atoms with Gasteiger partial charge in [0.15, 0.2) is 0 Å². The van der Waals surface area contributed by atoms with Crippen LogP contribution in [0.15, 0.2) is 16.9 Å². The van der Waals surface area contributed by atoms with Gasteiger partial charge in [0, 0.05) is 6.20 Å². The van der Waals surface area contributed by atoms with Gasteiger partial charge in [-0.25, -0.2) is 0 Å². The van der Waals surface area contributed by atoms with E-state index in [1.54, 1.807) is 13.1 Å². The smallest absolute Gasteiger partial charge is 0.318 e. The fraction of sp³-hybridized carbons (Fsp3) is 0.500. The molecule has 1 heterocycles. The molecule has 0 fully saturated rings. The molecule has 0 bridgehead atoms. The number of nitrogens with one attached hydrogen (secondary N) is 1. The molecule has 1 N–H and O–H groups in total. The van der Waals surface area contributed by atoms with E-state index in [1.165, 1.54) is 7.11 Å². The van der Waals surface area contributed by atoms with Gasteiger partial charge in [-0.15, -0.1) is 0 Å². The van der Waals surface area contributed by atoms with Gasteiger partial charge in [0.1, 0.15) is 5.92 Å². The van der Waals surface area contributed by atoms with Gasteiger partial charge in [0.25, 0.3) is 0 Å². The topological polar surface area (TPSA) is 50.7 Å². The molecule has 66 valence electrons. The molecule has 0 saturated heterocycles. The third-order valence-electron chi connectivity index (χ3n) is 1.84. The van der Waals surface area contributed by atoms with E-state index in [1.807, 2.05) is 6.92 Å². The Morgan fingerprint density at radius 2 is 2.33 bits per heavy atom. The zero-order chi connectivity index (χ0) is 9.14. The number of methoxy groups -OCH3 is 1. The number of carbonyl (C=O) groups is 1. The highest BCUT2D eigenvalue weighted by Gasteiger charge is 2.26. The highest BCUT2D eigenvalue weighted by molar-refractivity contribution is 6.04. The normalized spacial score (nSPS) is 22.1. The third kappa shape index (κ3) is 1.47. The summed E-state index contributed by atoms with van der Waals surface area (Å²) in [7, 11) is 1.38. The molecule has 0 aromatic heterocycles. The molecule has 0 aromatic rings. The molecule has 1 unspecified atom stereocenters. The SMILES string of the molecule is COC(=O)C1C(C)=CNN=C1C. The molecule has 1 aliphatic rings. The van der Waals surface area contributed by atoms with Gasteiger partial charge >= 0.3 is 5.97 Å². The minimum absolute atomic E-state index is 0.258. The van der Waals surface area contributed by atoms with Crippen molar-refractivity contribution in [2.24, 2.45) is 11.0 Å². The van der Waals surface area contributed by atoms with Crippen LogP contribution in [0.2, 0.25) is 0 Å². The maximum atomic E-state index is 11.2. The summed E-state index contributed by atoms with van der Waals surface area (Å²) in [6, 6.07) is 0. The number of hydrogen-bond donors (Lipinski definition) is 1. The summed E-state index contributed by atoms with van der Waals surface area (Å²) in [5.41, 5.74) is 4.37. The highest BCUT2D eigenvalue weighted by Crippen LogP contribution is 2.16. The summed E-state index contributed by atoms with van der Waals surface area (Å²) in [6.45, 7) is 3.66. The fourth-order valence-electron chi connectivity index (χ4n) is 1.19. The minimum Gasteiger partial charge on any atom is -0.468 e. The zero-order valence-electron chi connectivity index (χ0n) is 7.42. The maximum absolute atomic E-state index is 11.2. The molecule has 0 aliphatic carbocycles. The van der Waals surface area contributed by atoms with Gasteiger partial charge < -0.3 is 4.74 Å². The first-order valence-electron chi connectivity index (χ1n) is 3.71. The molecule has 0 radical (unpaired) electrons. The summed E-state index contributed by atoms with van der Waals surface area (Å²) in [5, 5.41) is 3.92. The average molecular weight is 168 g/mol. The van der Waals surface area contributed by atoms with Crippen LogP contribution in [0, 0.1) is 5.92 Å². The van der Waals surface area contributed by atoms with Crippen LogP contribution in [-0.2, 0) is 9.53 Å². The molecule has 4 heteroatoms. The Labute approximate surface area is 71.3 Å². The Hall–Kier alpha value is -1.32. The van der Waals surface area contributed by atoms with Crippen molar-refractivity contribution in [3.63, 3.8) is 0 Å². The fourth-order valence-corrected chi connectivity index (χ4v) is 1.19. The molecular formula is C8H12N2O2. The van der Waals surface area contributed by atoms with Crippen LogP contribution in [0.4, 0.5) is 0 Å². The van der Waals surface area contributed by atoms with Crippen molar-refractivity contribution in [3.8, 4) is 0 Å². The molecule has 0 saturated carbocycles. The number of ether oxygens (including phenoxy) is 1. The van der Waals surface area contributed by atoms with Crippen LogP contribution >= 0.6 is 0 Å². The molecule has 4 nitrogen and oxygen atoms in total. The molecule has 0 aromatic carbocycles. The number of rotatable bonds is 1. The van der Waals surface area contributed by atoms with E-state index in [0.29, 0.717) is 0 Å². The van der Waals surface area contributed by atoms with E-state index in [9.17, 15) is 4.79 Å². The van der Waals surface area contributed by atoms with Crippen LogP contribution < -0.4 is 5.43 Å². The van der Waals surface area contributed by atoms with Gasteiger partial charge in [-0.05, 0) is 19.4 Å². The number of hydrogen-bond acceptors (Lipinski definition) is 4. The van der Waals surface area contributed by atoms with Gasteiger partial charge in [-0.2, -0.15) is 5.10 Å². The van der Waals surface area contributed by atoms with Crippen molar-refractivity contribution < 1.29 is 9.53 Å². The summed E-state index contributed by atoms with van der Waals surface area (Å²) >= 11 is 0. The number of nitrogens with zero attached hydrogens (tertiary/aromatic N) is 1. The monoisotopic (exact) mass is 168 g/mol. The molecule has 1 rings (SSSR count). The predicted molar refractivity (Wildman–Crippen MR) is 45.5 cm³/mol. The Morgan fingerprint density at radius 3 is 2.83 bits per heavy atom. The molecule has 0 spiro atoms. The largest absolute Gasteiger partial charge is 0.468 e. The lowest BCUT2D eigenvalue weighted by molar-refractivity contribution is -0.142. The Morgan fingerprint density at radius 1 is 1.67 bits per heavy atom. The first-order chi connectivity index (χ1) is 5.66. The van der Waals surface area contributed by atoms with Crippen molar-refractivity contribution in [3.05, 3.63) is 11.8 Å². The second-order valence-electron chi connectivity index (χ2n) is 2.73.